The maximum Gasteiger partial charge on any atom is 0.132 e. The molecule has 0 fully saturated rings. The third-order valence-corrected chi connectivity index (χ3v) is 16.6. The van der Waals surface area contributed by atoms with Crippen LogP contribution >= 0.6 is 0 Å². The second-order valence-corrected chi connectivity index (χ2v) is 20.3. The number of ether oxygens (including phenoxy) is 2. The van der Waals surface area contributed by atoms with Gasteiger partial charge < -0.3 is 18.9 Å². The molecule has 344 valence electrons. The van der Waals surface area contributed by atoms with Crippen molar-refractivity contribution >= 4 is 44.6 Å². The predicted molar refractivity (Wildman–Crippen MR) is 296 cm³/mol. The molecule has 16 rings (SSSR count). The molecule has 0 bridgehead atoms. The highest BCUT2D eigenvalue weighted by Gasteiger charge is 2.53. The lowest BCUT2D eigenvalue weighted by atomic mass is 9.66. The number of para-hydroxylation sites is 5. The molecule has 2 aliphatic heterocycles. The average molecular weight is 935 g/mol. The van der Waals surface area contributed by atoms with Crippen LogP contribution in [0.1, 0.15) is 57.9 Å². The number of rotatable bonds is 4. The lowest BCUT2D eigenvalue weighted by Crippen LogP contribution is -2.32. The van der Waals surface area contributed by atoms with Gasteiger partial charge in [0.25, 0.3) is 0 Å². The smallest absolute Gasteiger partial charge is 0.132 e. The molecule has 3 heterocycles. The van der Waals surface area contributed by atoms with E-state index < -0.39 is 10.8 Å². The minimum atomic E-state index is -0.623. The van der Waals surface area contributed by atoms with E-state index in [0.29, 0.717) is 5.92 Å². The van der Waals surface area contributed by atoms with Gasteiger partial charge in [-0.15, -0.1) is 0 Å². The Morgan fingerprint density at radius 2 is 0.918 bits per heavy atom. The molecular formula is C69H46N2O2. The van der Waals surface area contributed by atoms with Gasteiger partial charge in [0.15, 0.2) is 0 Å². The van der Waals surface area contributed by atoms with E-state index in [1.54, 1.807) is 0 Å². The summed E-state index contributed by atoms with van der Waals surface area (Å²) in [6.45, 7) is 2.29. The molecule has 1 aromatic heterocycles. The van der Waals surface area contributed by atoms with Gasteiger partial charge >= 0.3 is 0 Å². The first kappa shape index (κ1) is 40.6. The number of benzene rings is 10. The Kier molecular flexibility index (Phi) is 8.32. The maximum atomic E-state index is 6.77. The van der Waals surface area contributed by atoms with E-state index in [1.165, 1.54) is 72.0 Å². The molecular weight excluding hydrogens is 889 g/mol. The summed E-state index contributed by atoms with van der Waals surface area (Å²) in [5, 5.41) is 2.44. The third-order valence-electron chi connectivity index (χ3n) is 16.6. The van der Waals surface area contributed by atoms with Gasteiger partial charge in [-0.25, -0.2) is 0 Å². The molecule has 0 radical (unpaired) electrons. The average Bonchev–Trinajstić information content (AvgIpc) is 4.04. The highest BCUT2D eigenvalue weighted by atomic mass is 16.5. The van der Waals surface area contributed by atoms with E-state index >= 15 is 0 Å². The quantitative estimate of drug-likeness (QED) is 0.176. The maximum absolute atomic E-state index is 6.77. The highest BCUT2D eigenvalue weighted by molar-refractivity contribution is 6.12. The summed E-state index contributed by atoms with van der Waals surface area (Å²) >= 11 is 0. The molecule has 10 aromatic carbocycles. The van der Waals surface area contributed by atoms with Crippen molar-refractivity contribution in [1.82, 2.24) is 4.57 Å². The number of hydrogen-bond acceptors (Lipinski definition) is 3. The van der Waals surface area contributed by atoms with E-state index in [0.717, 1.165) is 68.7 Å². The standard InChI is InChI=1S/C69H46N2O2/c1-43-33-35-44(36-34-43)71-60-27-11-4-18-48(60)51-42-46(38-40-61(51)71)70(45-37-39-54-50(41-45)47-17-2-5-20-52(47)68(54)55-22-7-12-29-63(55)72-64-30-13-8-23-56(64)68)62-28-16-26-59-67(62)49-19-3-6-21-53(49)69(59)57-24-9-14-31-65(57)73-66-32-15-10-25-58(66)69/h2-33,35-43H,34H2,1H3. The second kappa shape index (κ2) is 15.0. The molecule has 73 heavy (non-hydrogen) atoms. The number of nitrogens with zero attached hydrogens (tertiary/aromatic N) is 2. The summed E-state index contributed by atoms with van der Waals surface area (Å²) in [6, 6.07) is 82.8. The van der Waals surface area contributed by atoms with Crippen LogP contribution in [0.25, 0.3) is 49.8 Å². The monoisotopic (exact) mass is 934 g/mol. The van der Waals surface area contributed by atoms with Crippen LogP contribution in [-0.4, -0.2) is 4.57 Å². The summed E-state index contributed by atoms with van der Waals surface area (Å²) in [4.78, 5) is 2.54. The molecule has 0 saturated heterocycles. The zero-order chi connectivity index (χ0) is 48.0. The van der Waals surface area contributed by atoms with Crippen molar-refractivity contribution in [3.8, 4) is 45.3 Å². The van der Waals surface area contributed by atoms with E-state index in [1.807, 2.05) is 0 Å². The zero-order valence-corrected chi connectivity index (χ0v) is 40.1. The highest BCUT2D eigenvalue weighted by Crippen LogP contribution is 2.66. The number of allylic oxidation sites excluding steroid dienone is 4. The number of hydrogen-bond donors (Lipinski definition) is 0. The van der Waals surface area contributed by atoms with Crippen LogP contribution in [-0.2, 0) is 10.8 Å². The minimum absolute atomic E-state index is 0.516. The Balaban J connectivity index is 0.994. The number of fused-ring (bicyclic) bond motifs is 21. The Labute approximate surface area is 424 Å². The lowest BCUT2D eigenvalue weighted by Gasteiger charge is -2.39. The van der Waals surface area contributed by atoms with Gasteiger partial charge in [0.2, 0.25) is 0 Å². The van der Waals surface area contributed by atoms with Crippen molar-refractivity contribution in [2.24, 2.45) is 5.92 Å². The fourth-order valence-electron chi connectivity index (χ4n) is 13.7. The van der Waals surface area contributed by atoms with Crippen LogP contribution < -0.4 is 14.4 Å². The first-order chi connectivity index (χ1) is 36.1. The molecule has 5 aliphatic rings. The van der Waals surface area contributed by atoms with Crippen LogP contribution in [0.4, 0.5) is 17.1 Å². The topological polar surface area (TPSA) is 26.6 Å². The fourth-order valence-corrected chi connectivity index (χ4v) is 13.7. The van der Waals surface area contributed by atoms with Crippen molar-refractivity contribution in [2.75, 3.05) is 4.90 Å². The normalized spacial score (nSPS) is 16.3. The van der Waals surface area contributed by atoms with E-state index in [2.05, 4.69) is 259 Å². The van der Waals surface area contributed by atoms with Crippen molar-refractivity contribution in [3.05, 3.63) is 287 Å². The number of aromatic nitrogens is 1. The molecule has 0 amide bonds. The van der Waals surface area contributed by atoms with E-state index in [4.69, 9.17) is 9.47 Å². The van der Waals surface area contributed by atoms with Crippen molar-refractivity contribution in [1.29, 1.82) is 0 Å². The summed E-state index contributed by atoms with van der Waals surface area (Å²) in [7, 11) is 0. The Bertz CT molecular complexity index is 4150. The molecule has 3 aliphatic carbocycles. The van der Waals surface area contributed by atoms with Gasteiger partial charge in [-0.3, -0.25) is 0 Å². The van der Waals surface area contributed by atoms with Crippen molar-refractivity contribution in [2.45, 2.75) is 24.2 Å². The summed E-state index contributed by atoms with van der Waals surface area (Å²) in [6.07, 6.45) is 8.06. The Morgan fingerprint density at radius 3 is 1.56 bits per heavy atom. The third kappa shape index (κ3) is 5.29. The molecule has 1 unspecified atom stereocenters. The minimum Gasteiger partial charge on any atom is -0.457 e. The van der Waals surface area contributed by atoms with Gasteiger partial charge in [0.1, 0.15) is 23.0 Å². The fraction of sp³-hybridized carbons (Fsp3) is 0.0725. The first-order valence-corrected chi connectivity index (χ1v) is 25.6. The van der Waals surface area contributed by atoms with Crippen LogP contribution in [0.15, 0.2) is 243 Å². The molecule has 4 nitrogen and oxygen atoms in total. The van der Waals surface area contributed by atoms with Crippen LogP contribution in [0, 0.1) is 5.92 Å². The first-order valence-electron chi connectivity index (χ1n) is 25.6. The summed E-state index contributed by atoms with van der Waals surface area (Å²) < 4.78 is 15.9. The SMILES string of the molecule is CC1C=CC(n2c3ccccc3c3cc(N(c4ccc5c(c4)-c4ccccc4C54c5ccccc5Oc5ccccc54)c4cccc5c4-c4ccccc4C54c5ccccc5Oc5ccccc54)ccc32)=CC1. The molecule has 1 atom stereocenters. The predicted octanol–water partition coefficient (Wildman–Crippen LogP) is 17.6. The second-order valence-electron chi connectivity index (χ2n) is 20.3. The summed E-state index contributed by atoms with van der Waals surface area (Å²) in [5.41, 5.74) is 20.2. The van der Waals surface area contributed by atoms with Crippen LogP contribution in [0.3, 0.4) is 0 Å². The summed E-state index contributed by atoms with van der Waals surface area (Å²) in [5.74, 6) is 4.06. The van der Waals surface area contributed by atoms with Crippen molar-refractivity contribution in [3.63, 3.8) is 0 Å². The van der Waals surface area contributed by atoms with Gasteiger partial charge in [-0.2, -0.15) is 0 Å². The van der Waals surface area contributed by atoms with Crippen molar-refractivity contribution < 1.29 is 9.47 Å². The molecule has 4 heteroatoms. The van der Waals surface area contributed by atoms with Gasteiger partial charge in [0, 0.05) is 55.7 Å². The van der Waals surface area contributed by atoms with Gasteiger partial charge in [-0.1, -0.05) is 177 Å². The largest absolute Gasteiger partial charge is 0.457 e. The molecule has 0 saturated carbocycles. The molecule has 11 aromatic rings. The number of anilines is 3. The van der Waals surface area contributed by atoms with E-state index in [-0.39, 0.29) is 0 Å². The Hall–Kier alpha value is -9.12. The van der Waals surface area contributed by atoms with Gasteiger partial charge in [0.05, 0.1) is 27.6 Å². The van der Waals surface area contributed by atoms with Gasteiger partial charge in [-0.05, 0) is 124 Å². The van der Waals surface area contributed by atoms with Crippen LogP contribution in [0.5, 0.6) is 23.0 Å². The lowest BCUT2D eigenvalue weighted by molar-refractivity contribution is 0.436. The van der Waals surface area contributed by atoms with E-state index in [9.17, 15) is 0 Å². The zero-order valence-electron chi connectivity index (χ0n) is 40.1. The Morgan fingerprint density at radius 1 is 0.425 bits per heavy atom. The molecule has 2 spiro atoms. The van der Waals surface area contributed by atoms with Crippen LogP contribution in [0.2, 0.25) is 0 Å². The molecule has 0 N–H and O–H groups in total.